The number of Topliss-reactive ketones (excluding diaryl/α,β-unsaturated/α-hetero) is 1. The maximum Gasteiger partial charge on any atom is 0.301 e. The zero-order valence-corrected chi connectivity index (χ0v) is 19.7. The molecule has 0 radical (unpaired) electrons. The Morgan fingerprint density at radius 3 is 2.48 bits per heavy atom. The summed E-state index contributed by atoms with van der Waals surface area (Å²) >= 11 is 7.25. The van der Waals surface area contributed by atoms with E-state index in [0.717, 1.165) is 10.6 Å². The average molecular weight is 485 g/mol. The smallest absolute Gasteiger partial charge is 0.301 e. The van der Waals surface area contributed by atoms with Crippen LogP contribution in [0.5, 0.6) is 11.5 Å². The van der Waals surface area contributed by atoms with Gasteiger partial charge in [-0.05, 0) is 62.7 Å². The van der Waals surface area contributed by atoms with Crippen LogP contribution in [-0.4, -0.2) is 33.5 Å². The Morgan fingerprint density at radius 2 is 1.88 bits per heavy atom. The van der Waals surface area contributed by atoms with Gasteiger partial charge >= 0.3 is 5.91 Å². The van der Waals surface area contributed by atoms with Gasteiger partial charge in [0.1, 0.15) is 5.76 Å². The second-order valence-electron chi connectivity index (χ2n) is 7.47. The van der Waals surface area contributed by atoms with Gasteiger partial charge in [-0.3, -0.25) is 14.5 Å². The van der Waals surface area contributed by atoms with E-state index in [1.165, 1.54) is 22.3 Å². The van der Waals surface area contributed by atoms with Gasteiger partial charge in [0.2, 0.25) is 0 Å². The predicted molar refractivity (Wildman–Crippen MR) is 127 cm³/mol. The van der Waals surface area contributed by atoms with E-state index < -0.39 is 17.7 Å². The first-order chi connectivity index (χ1) is 15.7. The summed E-state index contributed by atoms with van der Waals surface area (Å²) in [5, 5.41) is 22.1. The summed E-state index contributed by atoms with van der Waals surface area (Å²) in [6.45, 7) is 5.79. The molecule has 2 N–H and O–H groups in total. The number of aliphatic hydroxyl groups is 1. The number of benzene rings is 2. The average Bonchev–Trinajstić information content (AvgIpc) is 3.25. The molecule has 9 heteroatoms. The molecular weight excluding hydrogens is 464 g/mol. The first-order valence-corrected chi connectivity index (χ1v) is 11.4. The number of anilines is 1. The number of aryl methyl sites for hydroxylation is 2. The highest BCUT2D eigenvalue weighted by molar-refractivity contribution is 7.16. The second-order valence-corrected chi connectivity index (χ2v) is 9.09. The van der Waals surface area contributed by atoms with Crippen molar-refractivity contribution in [3.8, 4) is 11.5 Å². The lowest BCUT2D eigenvalue weighted by Crippen LogP contribution is -2.29. The quantitative estimate of drug-likeness (QED) is 0.295. The van der Waals surface area contributed by atoms with Crippen LogP contribution < -0.4 is 9.64 Å². The van der Waals surface area contributed by atoms with Crippen molar-refractivity contribution in [1.82, 2.24) is 4.98 Å². The van der Waals surface area contributed by atoms with Gasteiger partial charge in [0, 0.05) is 15.5 Å². The molecular formula is C24H21ClN2O5S. The number of phenols is 1. The van der Waals surface area contributed by atoms with E-state index in [-0.39, 0.29) is 22.8 Å². The number of aromatic hydroxyl groups is 1. The fourth-order valence-electron chi connectivity index (χ4n) is 3.64. The van der Waals surface area contributed by atoms with Crippen molar-refractivity contribution >= 4 is 45.5 Å². The molecule has 3 aromatic rings. The maximum atomic E-state index is 13.2. The number of nitrogens with zero attached hydrogens (tertiary/aromatic N) is 2. The number of halogens is 1. The Labute approximate surface area is 199 Å². The molecule has 1 atom stereocenters. The number of carbonyl (C=O) groups excluding carboxylic acids is 2. The van der Waals surface area contributed by atoms with E-state index in [1.54, 1.807) is 43.3 Å². The number of phenolic OH excluding ortho intramolecular Hbond substituents is 1. The molecule has 1 amide bonds. The van der Waals surface area contributed by atoms with Gasteiger partial charge in [0.15, 0.2) is 16.6 Å². The molecule has 0 saturated carbocycles. The highest BCUT2D eigenvalue weighted by Crippen LogP contribution is 2.45. The number of hydrogen-bond donors (Lipinski definition) is 2. The summed E-state index contributed by atoms with van der Waals surface area (Å²) in [6.07, 6.45) is 0. The molecule has 0 aliphatic carbocycles. The Balaban J connectivity index is 1.96. The first-order valence-electron chi connectivity index (χ1n) is 10.2. The number of ketones is 1. The number of carbonyl (C=O) groups is 2. The number of rotatable bonds is 5. The minimum atomic E-state index is -0.967. The summed E-state index contributed by atoms with van der Waals surface area (Å²) in [6, 6.07) is 9.93. The van der Waals surface area contributed by atoms with Crippen LogP contribution in [0.2, 0.25) is 5.02 Å². The van der Waals surface area contributed by atoms with E-state index >= 15 is 0 Å². The monoisotopic (exact) mass is 484 g/mol. The molecule has 1 aliphatic heterocycles. The van der Waals surface area contributed by atoms with E-state index in [0.29, 0.717) is 27.9 Å². The van der Waals surface area contributed by atoms with Gasteiger partial charge in [-0.2, -0.15) is 0 Å². The van der Waals surface area contributed by atoms with Crippen LogP contribution in [0.1, 0.15) is 34.7 Å². The fraction of sp³-hybridized carbons (Fsp3) is 0.208. The standard InChI is InChI=1S/C24H21ClN2O5S/c1-4-32-18-11-15(7-10-17(18)28)20-19(21(29)14-5-8-16(25)9-6-14)22(30)23(31)27(20)24-26-12(2)13(3)33-24/h5-11,20,28-29H,4H2,1-3H3/b21-19+. The third kappa shape index (κ3) is 4.07. The molecule has 2 aromatic carbocycles. The molecule has 7 nitrogen and oxygen atoms in total. The van der Waals surface area contributed by atoms with Crippen LogP contribution in [0.25, 0.3) is 5.76 Å². The zero-order chi connectivity index (χ0) is 23.9. The van der Waals surface area contributed by atoms with E-state index in [9.17, 15) is 19.8 Å². The highest BCUT2D eigenvalue weighted by Gasteiger charge is 2.48. The Hall–Kier alpha value is -3.36. The SMILES string of the molecule is CCOc1cc(C2/C(=C(\O)c3ccc(Cl)cc3)C(=O)C(=O)N2c2nc(C)c(C)s2)ccc1O. The van der Waals surface area contributed by atoms with Crippen molar-refractivity contribution in [2.45, 2.75) is 26.8 Å². The molecule has 0 spiro atoms. The van der Waals surface area contributed by atoms with Crippen LogP contribution in [0, 0.1) is 13.8 Å². The van der Waals surface area contributed by atoms with Crippen molar-refractivity contribution in [2.75, 3.05) is 11.5 Å². The molecule has 4 rings (SSSR count). The summed E-state index contributed by atoms with van der Waals surface area (Å²) in [5.41, 5.74) is 1.49. The van der Waals surface area contributed by atoms with E-state index in [1.807, 2.05) is 13.8 Å². The highest BCUT2D eigenvalue weighted by atomic mass is 35.5. The summed E-state index contributed by atoms with van der Waals surface area (Å²) in [5.74, 6) is -1.82. The van der Waals surface area contributed by atoms with Gasteiger partial charge in [-0.15, -0.1) is 11.3 Å². The summed E-state index contributed by atoms with van der Waals surface area (Å²) in [4.78, 5) is 33.0. The van der Waals surface area contributed by atoms with Gasteiger partial charge in [0.25, 0.3) is 5.78 Å². The fourth-order valence-corrected chi connectivity index (χ4v) is 4.70. The van der Waals surface area contributed by atoms with Crippen molar-refractivity contribution in [1.29, 1.82) is 0 Å². The van der Waals surface area contributed by atoms with Crippen LogP contribution >= 0.6 is 22.9 Å². The molecule has 2 heterocycles. The van der Waals surface area contributed by atoms with Gasteiger partial charge in [-0.25, -0.2) is 4.98 Å². The summed E-state index contributed by atoms with van der Waals surface area (Å²) in [7, 11) is 0. The lowest BCUT2D eigenvalue weighted by molar-refractivity contribution is -0.132. The van der Waals surface area contributed by atoms with Crippen LogP contribution in [-0.2, 0) is 9.59 Å². The molecule has 1 fully saturated rings. The number of ether oxygens (including phenoxy) is 1. The zero-order valence-electron chi connectivity index (χ0n) is 18.1. The van der Waals surface area contributed by atoms with Gasteiger partial charge in [-0.1, -0.05) is 17.7 Å². The van der Waals surface area contributed by atoms with Crippen molar-refractivity contribution in [2.24, 2.45) is 0 Å². The molecule has 1 saturated heterocycles. The lowest BCUT2D eigenvalue weighted by atomic mass is 9.95. The second kappa shape index (κ2) is 8.88. The Morgan fingerprint density at radius 1 is 1.18 bits per heavy atom. The van der Waals surface area contributed by atoms with E-state index in [4.69, 9.17) is 16.3 Å². The molecule has 1 unspecified atom stereocenters. The Kier molecular flexibility index (Phi) is 6.14. The number of aliphatic hydroxyl groups excluding tert-OH is 1. The number of hydrogen-bond acceptors (Lipinski definition) is 7. The Bertz CT molecular complexity index is 1260. The molecule has 0 bridgehead atoms. The minimum absolute atomic E-state index is 0.0730. The van der Waals surface area contributed by atoms with Crippen LogP contribution in [0.15, 0.2) is 48.0 Å². The largest absolute Gasteiger partial charge is 0.507 e. The maximum absolute atomic E-state index is 13.2. The minimum Gasteiger partial charge on any atom is -0.507 e. The first kappa shape index (κ1) is 22.8. The predicted octanol–water partition coefficient (Wildman–Crippen LogP) is 5.14. The van der Waals surface area contributed by atoms with E-state index in [2.05, 4.69) is 4.98 Å². The number of amides is 1. The molecule has 1 aliphatic rings. The number of thiazole rings is 1. The van der Waals surface area contributed by atoms with Crippen molar-refractivity contribution in [3.63, 3.8) is 0 Å². The normalized spacial score (nSPS) is 17.6. The lowest BCUT2D eigenvalue weighted by Gasteiger charge is -2.23. The van der Waals surface area contributed by atoms with Gasteiger partial charge < -0.3 is 14.9 Å². The molecule has 1 aromatic heterocycles. The molecule has 33 heavy (non-hydrogen) atoms. The van der Waals surface area contributed by atoms with Crippen molar-refractivity contribution < 1.29 is 24.5 Å². The van der Waals surface area contributed by atoms with Crippen molar-refractivity contribution in [3.05, 3.63) is 74.8 Å². The van der Waals surface area contributed by atoms with Crippen LogP contribution in [0.4, 0.5) is 5.13 Å². The third-order valence-electron chi connectivity index (χ3n) is 5.38. The topological polar surface area (TPSA) is 100.0 Å². The van der Waals surface area contributed by atoms with Gasteiger partial charge in [0.05, 0.1) is 23.9 Å². The number of aromatic nitrogens is 1. The van der Waals surface area contributed by atoms with Crippen LogP contribution in [0.3, 0.4) is 0 Å². The summed E-state index contributed by atoms with van der Waals surface area (Å²) < 4.78 is 5.50. The molecule has 170 valence electrons. The third-order valence-corrected chi connectivity index (χ3v) is 6.71.